The highest BCUT2D eigenvalue weighted by Crippen LogP contribution is 2.49. The van der Waals surface area contributed by atoms with Crippen LogP contribution in [0.3, 0.4) is 0 Å². The van der Waals surface area contributed by atoms with Crippen LogP contribution in [0.15, 0.2) is 54.9 Å². The number of pyridine rings is 1. The molecular weight excluding hydrogens is 359 g/mol. The Morgan fingerprint density at radius 3 is 3.05 bits per heavy atom. The van der Waals surface area contributed by atoms with Gasteiger partial charge in [-0.15, -0.1) is 0 Å². The number of fused-ring (bicyclic) bond motifs is 3. The van der Waals surface area contributed by atoms with Crippen LogP contribution in [0.5, 0.6) is 0 Å². The molecule has 1 aliphatic carbocycles. The predicted molar refractivity (Wildman–Crippen MR) is 89.7 cm³/mol. The van der Waals surface area contributed by atoms with Crippen LogP contribution in [0, 0.1) is 9.49 Å². The van der Waals surface area contributed by atoms with Crippen molar-refractivity contribution in [1.29, 1.82) is 0 Å². The number of hydrogen-bond acceptors (Lipinski definition) is 2. The van der Waals surface area contributed by atoms with Crippen LogP contribution in [0.25, 0.3) is 0 Å². The number of halogens is 1. The molecule has 20 heavy (non-hydrogen) atoms. The Morgan fingerprint density at radius 1 is 1.25 bits per heavy atom. The second kappa shape index (κ2) is 4.88. The van der Waals surface area contributed by atoms with E-state index in [4.69, 9.17) is 0 Å². The number of hydrogen-bond donors (Lipinski definition) is 1. The number of benzene rings is 1. The third kappa shape index (κ3) is 1.95. The highest BCUT2D eigenvalue weighted by atomic mass is 127. The molecule has 1 aromatic carbocycles. The Hall–Kier alpha value is -1.36. The molecule has 1 N–H and O–H groups in total. The lowest BCUT2D eigenvalue weighted by molar-refractivity contribution is 0.425. The summed E-state index contributed by atoms with van der Waals surface area (Å²) in [5.74, 6) is 1.14. The molecule has 0 bridgehead atoms. The first-order valence-electron chi connectivity index (χ1n) is 6.95. The summed E-state index contributed by atoms with van der Waals surface area (Å²) < 4.78 is 1.31. The van der Waals surface area contributed by atoms with Crippen LogP contribution in [-0.2, 0) is 0 Å². The van der Waals surface area contributed by atoms with Gasteiger partial charge in [-0.05, 0) is 70.3 Å². The molecule has 2 nitrogen and oxygen atoms in total. The summed E-state index contributed by atoms with van der Waals surface area (Å²) in [6.07, 6.45) is 9.68. The molecule has 2 heterocycles. The molecular formula is C17H15IN2. The summed E-state index contributed by atoms with van der Waals surface area (Å²) in [5, 5.41) is 3.73. The lowest BCUT2D eigenvalue weighted by atomic mass is 9.77. The molecule has 0 radical (unpaired) electrons. The maximum atomic E-state index is 4.28. The molecule has 0 unspecified atom stereocenters. The van der Waals surface area contributed by atoms with Crippen LogP contribution >= 0.6 is 22.6 Å². The van der Waals surface area contributed by atoms with Gasteiger partial charge in [-0.25, -0.2) is 0 Å². The molecule has 4 rings (SSSR count). The minimum Gasteiger partial charge on any atom is -0.378 e. The number of aromatic nitrogens is 1. The van der Waals surface area contributed by atoms with E-state index in [-0.39, 0.29) is 0 Å². The smallest absolute Gasteiger partial charge is 0.0569 e. The summed E-state index contributed by atoms with van der Waals surface area (Å²) in [6.45, 7) is 0. The van der Waals surface area contributed by atoms with Gasteiger partial charge in [-0.3, -0.25) is 4.98 Å². The standard InChI is InChI=1S/C17H15IN2/c18-12-6-7-16-15(9-12)13-4-1-5-14(13)17(20-16)11-3-2-8-19-10-11/h1-4,6-10,13-14,17,20H,5H2/t13-,14+,17-/m0/s1. The van der Waals surface area contributed by atoms with Crippen molar-refractivity contribution in [1.82, 2.24) is 4.98 Å². The van der Waals surface area contributed by atoms with Crippen molar-refractivity contribution in [2.24, 2.45) is 5.92 Å². The van der Waals surface area contributed by atoms with Gasteiger partial charge in [0.05, 0.1) is 6.04 Å². The monoisotopic (exact) mass is 374 g/mol. The Morgan fingerprint density at radius 2 is 2.20 bits per heavy atom. The van der Waals surface area contributed by atoms with E-state index in [9.17, 15) is 0 Å². The van der Waals surface area contributed by atoms with E-state index in [1.165, 1.54) is 20.4 Å². The first-order chi connectivity index (χ1) is 9.83. The van der Waals surface area contributed by atoms with Gasteiger partial charge in [0.15, 0.2) is 0 Å². The summed E-state index contributed by atoms with van der Waals surface area (Å²) >= 11 is 2.39. The molecule has 2 aliphatic rings. The van der Waals surface area contributed by atoms with Crippen molar-refractivity contribution in [3.8, 4) is 0 Å². The number of anilines is 1. The van der Waals surface area contributed by atoms with Gasteiger partial charge in [-0.1, -0.05) is 18.2 Å². The van der Waals surface area contributed by atoms with Gasteiger partial charge >= 0.3 is 0 Å². The molecule has 100 valence electrons. The van der Waals surface area contributed by atoms with Crippen LogP contribution in [0.1, 0.15) is 29.5 Å². The van der Waals surface area contributed by atoms with Crippen LogP contribution in [-0.4, -0.2) is 4.98 Å². The maximum absolute atomic E-state index is 4.28. The molecule has 0 amide bonds. The molecule has 0 saturated heterocycles. The van der Waals surface area contributed by atoms with Crippen molar-refractivity contribution < 1.29 is 0 Å². The normalized spacial score (nSPS) is 26.8. The Kier molecular flexibility index (Phi) is 3.02. The third-order valence-electron chi connectivity index (χ3n) is 4.37. The van der Waals surface area contributed by atoms with Crippen molar-refractivity contribution in [3.63, 3.8) is 0 Å². The fraction of sp³-hybridized carbons (Fsp3) is 0.235. The van der Waals surface area contributed by atoms with E-state index >= 15 is 0 Å². The Bertz CT molecular complexity index is 666. The molecule has 0 saturated carbocycles. The Balaban J connectivity index is 1.80. The summed E-state index contributed by atoms with van der Waals surface area (Å²) in [7, 11) is 0. The minimum absolute atomic E-state index is 0.358. The molecule has 2 aromatic rings. The lowest BCUT2D eigenvalue weighted by Gasteiger charge is -2.37. The zero-order valence-corrected chi connectivity index (χ0v) is 13.1. The number of rotatable bonds is 1. The zero-order chi connectivity index (χ0) is 13.5. The summed E-state index contributed by atoms with van der Waals surface area (Å²) in [5.41, 5.74) is 4.00. The molecule has 3 atom stereocenters. The van der Waals surface area contributed by atoms with E-state index in [1.54, 1.807) is 0 Å². The largest absolute Gasteiger partial charge is 0.378 e. The number of nitrogens with zero attached hydrogens (tertiary/aromatic N) is 1. The zero-order valence-electron chi connectivity index (χ0n) is 11.0. The molecule has 0 fully saturated rings. The summed E-state index contributed by atoms with van der Waals surface area (Å²) in [4.78, 5) is 4.28. The van der Waals surface area contributed by atoms with Gasteiger partial charge in [-0.2, -0.15) is 0 Å². The number of allylic oxidation sites excluding steroid dienone is 2. The van der Waals surface area contributed by atoms with Gasteiger partial charge in [0.1, 0.15) is 0 Å². The highest BCUT2D eigenvalue weighted by molar-refractivity contribution is 14.1. The highest BCUT2D eigenvalue weighted by Gasteiger charge is 2.37. The molecule has 1 aromatic heterocycles. The Labute approximate surface area is 132 Å². The van der Waals surface area contributed by atoms with Crippen LogP contribution < -0.4 is 5.32 Å². The van der Waals surface area contributed by atoms with Gasteiger partial charge < -0.3 is 5.32 Å². The van der Waals surface area contributed by atoms with E-state index in [0.717, 1.165) is 6.42 Å². The minimum atomic E-state index is 0.358. The topological polar surface area (TPSA) is 24.9 Å². The van der Waals surface area contributed by atoms with E-state index in [0.29, 0.717) is 17.9 Å². The second-order valence-electron chi connectivity index (χ2n) is 5.49. The van der Waals surface area contributed by atoms with Crippen molar-refractivity contribution in [2.75, 3.05) is 5.32 Å². The summed E-state index contributed by atoms with van der Waals surface area (Å²) in [6, 6.07) is 11.3. The van der Waals surface area contributed by atoms with E-state index in [2.05, 4.69) is 69.3 Å². The van der Waals surface area contributed by atoms with E-state index < -0.39 is 0 Å². The first kappa shape index (κ1) is 12.4. The SMILES string of the molecule is Ic1ccc2c(c1)[C@H]1C=CC[C@H]1[C@H](c1cccnc1)N2. The maximum Gasteiger partial charge on any atom is 0.0569 e. The lowest BCUT2D eigenvalue weighted by Crippen LogP contribution is -2.29. The average molecular weight is 374 g/mol. The predicted octanol–water partition coefficient (Wildman–Crippen LogP) is 4.51. The van der Waals surface area contributed by atoms with Crippen LogP contribution in [0.4, 0.5) is 5.69 Å². The molecule has 1 aliphatic heterocycles. The number of nitrogens with one attached hydrogen (secondary N) is 1. The molecule has 0 spiro atoms. The van der Waals surface area contributed by atoms with Crippen molar-refractivity contribution in [3.05, 3.63) is 69.6 Å². The van der Waals surface area contributed by atoms with E-state index in [1.807, 2.05) is 18.5 Å². The van der Waals surface area contributed by atoms with Gasteiger partial charge in [0, 0.05) is 27.6 Å². The quantitative estimate of drug-likeness (QED) is 0.587. The molecule has 3 heteroatoms. The fourth-order valence-electron chi connectivity index (χ4n) is 3.46. The van der Waals surface area contributed by atoms with Crippen LogP contribution in [0.2, 0.25) is 0 Å². The van der Waals surface area contributed by atoms with Crippen molar-refractivity contribution >= 4 is 28.3 Å². The van der Waals surface area contributed by atoms with Gasteiger partial charge in [0.2, 0.25) is 0 Å². The average Bonchev–Trinajstić information content (AvgIpc) is 2.97. The van der Waals surface area contributed by atoms with Crippen molar-refractivity contribution in [2.45, 2.75) is 18.4 Å². The first-order valence-corrected chi connectivity index (χ1v) is 8.03. The third-order valence-corrected chi connectivity index (χ3v) is 5.04. The fourth-order valence-corrected chi connectivity index (χ4v) is 3.97. The van der Waals surface area contributed by atoms with Gasteiger partial charge in [0.25, 0.3) is 0 Å². The second-order valence-corrected chi connectivity index (χ2v) is 6.74.